The minimum atomic E-state index is 0.322. The van der Waals surface area contributed by atoms with E-state index in [4.69, 9.17) is 104 Å². The van der Waals surface area contributed by atoms with E-state index in [1.807, 2.05) is 283 Å². The van der Waals surface area contributed by atoms with E-state index in [9.17, 15) is 0 Å². The number of ether oxygens (including phenoxy) is 5. The zero-order valence-electron chi connectivity index (χ0n) is 81.7. The maximum atomic E-state index is 6.36. The fourth-order valence-corrected chi connectivity index (χ4v) is 19.5. The molecule has 0 spiro atoms. The molecule has 0 unspecified atom stereocenters. The lowest BCUT2D eigenvalue weighted by Gasteiger charge is -2.10. The molecule has 150 heavy (non-hydrogen) atoms. The Bertz CT molecular complexity index is 8080. The average Bonchev–Trinajstić information content (AvgIpc) is 1.61. The van der Waals surface area contributed by atoms with Crippen LogP contribution in [-0.4, -0.2) is 168 Å². The lowest BCUT2D eigenvalue weighted by molar-refractivity contribution is 0.0994. The number of imidazole rings is 5. The summed E-state index contributed by atoms with van der Waals surface area (Å²) in [6.45, 7) is 20.9. The van der Waals surface area contributed by atoms with Gasteiger partial charge in [-0.15, -0.1) is 35.7 Å². The molecule has 22 aromatic rings. The maximum Gasteiger partial charge on any atom is 0.187 e. The van der Waals surface area contributed by atoms with Crippen molar-refractivity contribution in [2.24, 2.45) is 0 Å². The van der Waals surface area contributed by atoms with Gasteiger partial charge >= 0.3 is 0 Å². The van der Waals surface area contributed by atoms with Gasteiger partial charge in [0.15, 0.2) is 40.6 Å². The molecular formula is C105H89Cl5N30O10. The summed E-state index contributed by atoms with van der Waals surface area (Å²) in [5.74, 6) is 6.30. The molecule has 0 N–H and O–H groups in total. The van der Waals surface area contributed by atoms with Crippen molar-refractivity contribution in [1.29, 1.82) is 0 Å². The quantitative estimate of drug-likeness (QED) is 0.0608. The Balaban J connectivity index is 0.000000103. The number of fused-ring (bicyclic) bond motifs is 25. The van der Waals surface area contributed by atoms with Crippen LogP contribution >= 0.6 is 58.0 Å². The van der Waals surface area contributed by atoms with Crippen molar-refractivity contribution in [3.05, 3.63) is 353 Å². The van der Waals surface area contributed by atoms with E-state index in [0.717, 1.165) is 211 Å². The Hall–Kier alpha value is -16.4. The minimum Gasteiger partial charge on any atom is -0.375 e. The van der Waals surface area contributed by atoms with Crippen LogP contribution in [0.4, 0.5) is 0 Å². The highest BCUT2D eigenvalue weighted by molar-refractivity contribution is 6.32. The molecule has 0 radical (unpaired) electrons. The summed E-state index contributed by atoms with van der Waals surface area (Å²) in [7, 11) is 0. The molecule has 15 aromatic heterocycles. The van der Waals surface area contributed by atoms with E-state index in [2.05, 4.69) is 102 Å². The standard InChI is InChI=1S/2C24H19ClN6O2.3C19H17ClN6O2/c1-15-9-21(33-29-15)23-20-11-30-22(13-32-12-16-5-3-2-4-6-16)27-28-24(30)18-10-17(25)7-8-19(18)31(20)14-26-23;1-15-9-18(28-33-15)24-23-11-21-19(13-32-12-16-5-3-2-4-6-16)27-29-31(21)22-10-17(25)7-8-20(22)30(23)14-26-24;1-3-27-9-13-15-8-17-19(18-6-11(2)23-28-18)21-10-25(17)14-5-4-12(20)7-16(14)26(15)24-22-13;1-3-27-9-17-22-23-19-13-7-12(20)4-5-14(13)26-10-21-18(15(26)8-25(17)19)16-6-11(2)24-28-16;1-3-27-9-14-16-8-18-19(13-6-11(2)28-23-13)21-10-25(18)15-5-4-12(20)7-17(15)26(16)24-22-14/h2*2-10,14H,11-13H2,1H3;3*4-7,10H,3,8-9H2,1-2H3. The molecule has 0 saturated carbocycles. The predicted molar refractivity (Wildman–Crippen MR) is 549 cm³/mol. The fraction of sp³-hybridized carbons (Fsp3) is 0.219. The Morgan fingerprint density at radius 3 is 0.960 bits per heavy atom. The second-order valence-corrected chi connectivity index (χ2v) is 37.7. The molecule has 754 valence electrons. The molecule has 27 rings (SSSR count). The second kappa shape index (κ2) is 41.7. The van der Waals surface area contributed by atoms with Crippen LogP contribution in [0.25, 0.3) is 125 Å². The third kappa shape index (κ3) is 19.0. The number of nitrogens with zero attached hydrogens (tertiary/aromatic N) is 30. The smallest absolute Gasteiger partial charge is 0.187 e. The van der Waals surface area contributed by atoms with Crippen LogP contribution in [0.5, 0.6) is 0 Å². The summed E-state index contributed by atoms with van der Waals surface area (Å²) in [5.41, 5.74) is 28.6. The fourth-order valence-electron chi connectivity index (χ4n) is 18.6. The topological polar surface area (TPSA) is 419 Å². The van der Waals surface area contributed by atoms with Crippen LogP contribution < -0.4 is 0 Å². The summed E-state index contributed by atoms with van der Waals surface area (Å²) >= 11 is 31.6. The lowest BCUT2D eigenvalue weighted by atomic mass is 10.1. The molecule has 0 amide bonds. The highest BCUT2D eigenvalue weighted by Gasteiger charge is 2.36. The van der Waals surface area contributed by atoms with E-state index < -0.39 is 0 Å². The van der Waals surface area contributed by atoms with Crippen LogP contribution in [0.1, 0.15) is 135 Å². The van der Waals surface area contributed by atoms with E-state index in [1.165, 1.54) is 0 Å². The van der Waals surface area contributed by atoms with Gasteiger partial charge in [-0.25, -0.2) is 39.0 Å². The molecule has 0 saturated heterocycles. The third-order valence-electron chi connectivity index (χ3n) is 25.7. The first-order valence-corrected chi connectivity index (χ1v) is 49.8. The van der Waals surface area contributed by atoms with Gasteiger partial charge in [-0.3, -0.25) is 22.8 Å². The molecule has 40 nitrogen and oxygen atoms in total. The molecular weight excluding hydrogens is 2020 g/mol. The van der Waals surface area contributed by atoms with Crippen LogP contribution in [0.15, 0.2) is 236 Å². The molecule has 45 heteroatoms. The number of hydrogen-bond acceptors (Lipinski definition) is 30. The molecule has 0 aliphatic carbocycles. The first-order chi connectivity index (χ1) is 73.3. The van der Waals surface area contributed by atoms with Crippen molar-refractivity contribution in [3.63, 3.8) is 0 Å². The van der Waals surface area contributed by atoms with Gasteiger partial charge in [-0.05, 0) is 158 Å². The number of halogens is 5. The summed E-state index contributed by atoms with van der Waals surface area (Å²) in [6.07, 6.45) is 10.6. The van der Waals surface area contributed by atoms with Crippen molar-refractivity contribution >= 4 is 58.0 Å². The van der Waals surface area contributed by atoms with Gasteiger partial charge in [-0.1, -0.05) is 160 Å². The SMILES string of the molecule is CCOCc1nnc2n1Cc1c(-c3cc(C)no3)ncn1-c1ccc(Cl)cc1-2.CCOCc1nnn2c1Cc1c(-c3cc(C)no3)ncn1-c1ccc(Cl)cc1-2.CCOCc1nnn2c1Cc1c(-c3cc(C)on3)ncn1-c1ccc(Cl)cc1-2.Cc1cc(-c2ncn3c2Cc2c(COCc4ccccc4)nnn2-c2cc(Cl)ccc2-3)no1.Cc1cc(-c2ncn3c2Cn2c(COCc4ccccc4)nnc2-c2cc(Cl)ccc2-3)on1. The van der Waals surface area contributed by atoms with Gasteiger partial charge in [0, 0.05) is 106 Å². The Morgan fingerprint density at radius 1 is 0.287 bits per heavy atom. The highest BCUT2D eigenvalue weighted by Crippen LogP contribution is 2.44. The second-order valence-electron chi connectivity index (χ2n) is 35.5. The van der Waals surface area contributed by atoms with Gasteiger partial charge in [-0.2, -0.15) is 0 Å². The average molecular weight is 2110 g/mol. The summed E-state index contributed by atoms with van der Waals surface area (Å²) in [5, 5.41) is 67.6. The van der Waals surface area contributed by atoms with E-state index in [1.54, 1.807) is 31.6 Å². The van der Waals surface area contributed by atoms with E-state index in [-0.39, 0.29) is 0 Å². The van der Waals surface area contributed by atoms with E-state index >= 15 is 0 Å². The molecule has 5 aliphatic rings. The summed E-state index contributed by atoms with van der Waals surface area (Å²) in [4.78, 5) is 23.1. The minimum absolute atomic E-state index is 0.322. The number of aromatic nitrogens is 30. The first-order valence-electron chi connectivity index (χ1n) is 47.9. The predicted octanol–water partition coefficient (Wildman–Crippen LogP) is 20.2. The van der Waals surface area contributed by atoms with Crippen LogP contribution in [0.2, 0.25) is 25.1 Å². The highest BCUT2D eigenvalue weighted by atomic mass is 35.5. The Labute approximate surface area is 878 Å². The van der Waals surface area contributed by atoms with Crippen LogP contribution in [-0.2, 0) is 102 Å². The molecule has 20 heterocycles. The van der Waals surface area contributed by atoms with Crippen molar-refractivity contribution < 1.29 is 46.3 Å². The summed E-state index contributed by atoms with van der Waals surface area (Å²) < 4.78 is 75.6. The lowest BCUT2D eigenvalue weighted by Crippen LogP contribution is -2.09. The molecule has 5 aliphatic heterocycles. The Morgan fingerprint density at radius 2 is 0.607 bits per heavy atom. The number of hydrogen-bond donors (Lipinski definition) is 0. The number of rotatable bonds is 22. The number of benzene rings is 7. The molecule has 0 fully saturated rings. The first kappa shape index (κ1) is 97.0. The van der Waals surface area contributed by atoms with Gasteiger partial charge in [0.25, 0.3) is 0 Å². The van der Waals surface area contributed by atoms with Crippen LogP contribution in [0.3, 0.4) is 0 Å². The zero-order chi connectivity index (χ0) is 102. The van der Waals surface area contributed by atoms with Gasteiger partial charge in [0.2, 0.25) is 0 Å². The third-order valence-corrected chi connectivity index (χ3v) is 26.8. The molecule has 0 bridgehead atoms. The maximum absolute atomic E-state index is 6.36. The van der Waals surface area contributed by atoms with Gasteiger partial charge in [0.05, 0.1) is 154 Å². The molecule has 7 aromatic carbocycles. The van der Waals surface area contributed by atoms with Crippen molar-refractivity contribution in [1.82, 2.24) is 148 Å². The number of aryl methyl sites for hydroxylation is 5. The monoisotopic (exact) mass is 2100 g/mol. The van der Waals surface area contributed by atoms with Gasteiger partial charge < -0.3 is 55.4 Å². The van der Waals surface area contributed by atoms with Crippen molar-refractivity contribution in [2.45, 2.75) is 134 Å². The largest absolute Gasteiger partial charge is 0.375 e. The molecule has 0 atom stereocenters. The Kier molecular flexibility index (Phi) is 27.0. The zero-order valence-corrected chi connectivity index (χ0v) is 85.5. The normalized spacial score (nSPS) is 12.3. The van der Waals surface area contributed by atoms with Gasteiger partial charge in [0.1, 0.15) is 113 Å². The van der Waals surface area contributed by atoms with Crippen LogP contribution in [0, 0.1) is 34.6 Å². The van der Waals surface area contributed by atoms with E-state index in [0.29, 0.717) is 152 Å². The van der Waals surface area contributed by atoms with Crippen molar-refractivity contribution in [3.8, 4) is 125 Å². The van der Waals surface area contributed by atoms with Crippen molar-refractivity contribution in [2.75, 3.05) is 19.8 Å². The summed E-state index contributed by atoms with van der Waals surface area (Å²) in [6, 6.07) is 58.1.